The van der Waals surface area contributed by atoms with Crippen molar-refractivity contribution >= 4 is 21.9 Å². The Balaban J connectivity index is 1.94. The van der Waals surface area contributed by atoms with Gasteiger partial charge in [-0.15, -0.1) is 0 Å². The number of hydrogen-bond donors (Lipinski definition) is 1. The molecule has 146 valence electrons. The number of rotatable bonds is 8. The molecule has 8 heteroatoms. The van der Waals surface area contributed by atoms with Gasteiger partial charge in [0.25, 0.3) is 10.2 Å². The third-order valence-corrected chi connectivity index (χ3v) is 6.63. The largest absolute Gasteiger partial charge is 0.310 e. The van der Waals surface area contributed by atoms with Crippen molar-refractivity contribution in [3.8, 4) is 0 Å². The van der Waals surface area contributed by atoms with Gasteiger partial charge in [-0.25, -0.2) is 4.98 Å². The Hall–Kier alpha value is -1.51. The molecule has 0 atom stereocenters. The summed E-state index contributed by atoms with van der Waals surface area (Å²) in [4.78, 5) is 16.6. The molecule has 26 heavy (non-hydrogen) atoms. The van der Waals surface area contributed by atoms with Gasteiger partial charge >= 0.3 is 0 Å². The Labute approximate surface area is 157 Å². The number of aromatic nitrogens is 1. The van der Waals surface area contributed by atoms with E-state index in [4.69, 9.17) is 0 Å². The van der Waals surface area contributed by atoms with Crippen LogP contribution in [-0.4, -0.2) is 54.1 Å². The van der Waals surface area contributed by atoms with Gasteiger partial charge < -0.3 is 5.32 Å². The minimum Gasteiger partial charge on any atom is -0.310 e. The summed E-state index contributed by atoms with van der Waals surface area (Å²) in [6, 6.07) is 3.70. The fraction of sp³-hybridized carbons (Fsp3) is 0.667. The van der Waals surface area contributed by atoms with E-state index in [9.17, 15) is 13.2 Å². The summed E-state index contributed by atoms with van der Waals surface area (Å²) in [6.45, 7) is 7.74. The number of anilines is 1. The summed E-state index contributed by atoms with van der Waals surface area (Å²) in [5, 5.41) is 2.84. The molecular formula is C18H30N4O3S. The Morgan fingerprint density at radius 1 is 1.27 bits per heavy atom. The normalized spacial score (nSPS) is 16.8. The van der Waals surface area contributed by atoms with Crippen LogP contribution in [0.4, 0.5) is 5.82 Å². The van der Waals surface area contributed by atoms with E-state index in [1.807, 2.05) is 32.9 Å². The molecule has 1 saturated heterocycles. The van der Waals surface area contributed by atoms with Crippen molar-refractivity contribution in [2.24, 2.45) is 5.92 Å². The van der Waals surface area contributed by atoms with Crippen LogP contribution in [0.5, 0.6) is 0 Å². The molecular weight excluding hydrogens is 352 g/mol. The number of carbonyl (C=O) groups excluding carboxylic acids is 1. The summed E-state index contributed by atoms with van der Waals surface area (Å²) in [5.41, 5.74) is 1.03. The van der Waals surface area contributed by atoms with Crippen molar-refractivity contribution in [2.75, 3.05) is 31.5 Å². The standard InChI is InChI=1S/C18H30N4O3S/c1-4-10-21(11-5-2)26(24,25)22-12-7-16(8-13-22)18(23)20-17-14-15(3)6-9-19-17/h6,9,14,16H,4-5,7-8,10-13H2,1-3H3,(H,19,20,23). The minimum absolute atomic E-state index is 0.0841. The van der Waals surface area contributed by atoms with E-state index >= 15 is 0 Å². The summed E-state index contributed by atoms with van der Waals surface area (Å²) in [7, 11) is -3.44. The lowest BCUT2D eigenvalue weighted by molar-refractivity contribution is -0.120. The molecule has 0 aliphatic carbocycles. The number of pyridine rings is 1. The third kappa shape index (κ3) is 5.25. The van der Waals surface area contributed by atoms with Crippen molar-refractivity contribution in [3.63, 3.8) is 0 Å². The lowest BCUT2D eigenvalue weighted by atomic mass is 9.97. The van der Waals surface area contributed by atoms with E-state index in [1.54, 1.807) is 10.5 Å². The summed E-state index contributed by atoms with van der Waals surface area (Å²) >= 11 is 0. The van der Waals surface area contributed by atoms with Gasteiger partial charge in [0.1, 0.15) is 5.82 Å². The topological polar surface area (TPSA) is 82.6 Å². The first-order valence-electron chi connectivity index (χ1n) is 9.37. The molecule has 2 heterocycles. The van der Waals surface area contributed by atoms with Crippen LogP contribution in [-0.2, 0) is 15.0 Å². The van der Waals surface area contributed by atoms with Crippen LogP contribution in [0.1, 0.15) is 45.1 Å². The molecule has 0 bridgehead atoms. The molecule has 0 radical (unpaired) electrons. The van der Waals surface area contributed by atoms with Crippen molar-refractivity contribution in [1.29, 1.82) is 0 Å². The van der Waals surface area contributed by atoms with Crippen LogP contribution in [0.3, 0.4) is 0 Å². The Bertz CT molecular complexity index is 694. The smallest absolute Gasteiger partial charge is 0.281 e. The van der Waals surface area contributed by atoms with Gasteiger partial charge in [0, 0.05) is 38.3 Å². The Morgan fingerprint density at radius 3 is 2.42 bits per heavy atom. The Kier molecular flexibility index (Phi) is 7.55. The highest BCUT2D eigenvalue weighted by atomic mass is 32.2. The summed E-state index contributed by atoms with van der Waals surface area (Å²) in [5.74, 6) is 0.274. The first-order chi connectivity index (χ1) is 12.4. The lowest BCUT2D eigenvalue weighted by Crippen LogP contribution is -2.48. The second-order valence-corrected chi connectivity index (χ2v) is 8.72. The number of aryl methyl sites for hydroxylation is 1. The Morgan fingerprint density at radius 2 is 1.88 bits per heavy atom. The molecule has 1 aliphatic rings. The van der Waals surface area contributed by atoms with E-state index < -0.39 is 10.2 Å². The predicted octanol–water partition coefficient (Wildman–Crippen LogP) is 2.41. The lowest BCUT2D eigenvalue weighted by Gasteiger charge is -2.34. The van der Waals surface area contributed by atoms with Gasteiger partial charge in [0.05, 0.1) is 0 Å². The number of hydrogen-bond acceptors (Lipinski definition) is 4. The molecule has 1 amide bonds. The molecule has 1 aliphatic heterocycles. The fourth-order valence-corrected chi connectivity index (χ4v) is 5.01. The zero-order valence-electron chi connectivity index (χ0n) is 15.9. The average Bonchev–Trinajstić information content (AvgIpc) is 2.61. The molecule has 1 aromatic heterocycles. The van der Waals surface area contributed by atoms with E-state index in [0.717, 1.165) is 18.4 Å². The number of nitrogens with zero attached hydrogens (tertiary/aromatic N) is 3. The molecule has 0 spiro atoms. The van der Waals surface area contributed by atoms with Crippen LogP contribution in [0.15, 0.2) is 18.3 Å². The van der Waals surface area contributed by atoms with E-state index in [-0.39, 0.29) is 11.8 Å². The van der Waals surface area contributed by atoms with Crippen molar-refractivity contribution in [1.82, 2.24) is 13.6 Å². The van der Waals surface area contributed by atoms with Crippen LogP contribution in [0.2, 0.25) is 0 Å². The van der Waals surface area contributed by atoms with Gasteiger partial charge in [-0.2, -0.15) is 17.0 Å². The van der Waals surface area contributed by atoms with Crippen molar-refractivity contribution in [3.05, 3.63) is 23.9 Å². The highest BCUT2D eigenvalue weighted by molar-refractivity contribution is 7.86. The van der Waals surface area contributed by atoms with Gasteiger partial charge in [-0.05, 0) is 50.3 Å². The van der Waals surface area contributed by atoms with Gasteiger partial charge in [0.15, 0.2) is 0 Å². The molecule has 2 rings (SSSR count). The number of piperidine rings is 1. The maximum Gasteiger partial charge on any atom is 0.281 e. The van der Waals surface area contributed by atoms with E-state index in [1.165, 1.54) is 4.31 Å². The van der Waals surface area contributed by atoms with Crippen LogP contribution < -0.4 is 5.32 Å². The maximum absolute atomic E-state index is 12.8. The first kappa shape index (κ1) is 20.8. The fourth-order valence-electron chi connectivity index (χ4n) is 3.19. The van der Waals surface area contributed by atoms with Crippen LogP contribution >= 0.6 is 0 Å². The van der Waals surface area contributed by atoms with Crippen LogP contribution in [0, 0.1) is 12.8 Å². The monoisotopic (exact) mass is 382 g/mol. The average molecular weight is 383 g/mol. The molecule has 0 aromatic carbocycles. The van der Waals surface area contributed by atoms with Crippen molar-refractivity contribution in [2.45, 2.75) is 46.5 Å². The van der Waals surface area contributed by atoms with Gasteiger partial charge in [-0.3, -0.25) is 4.79 Å². The molecule has 1 fully saturated rings. The van der Waals surface area contributed by atoms with E-state index in [2.05, 4.69) is 10.3 Å². The molecule has 0 unspecified atom stereocenters. The highest BCUT2D eigenvalue weighted by Gasteiger charge is 2.34. The first-order valence-corrected chi connectivity index (χ1v) is 10.8. The zero-order valence-corrected chi connectivity index (χ0v) is 16.8. The van der Waals surface area contributed by atoms with Crippen molar-refractivity contribution < 1.29 is 13.2 Å². The van der Waals surface area contributed by atoms with E-state index in [0.29, 0.717) is 44.8 Å². The summed E-state index contributed by atoms with van der Waals surface area (Å²) < 4.78 is 28.7. The third-order valence-electron chi connectivity index (χ3n) is 4.59. The van der Waals surface area contributed by atoms with Crippen LogP contribution in [0.25, 0.3) is 0 Å². The minimum atomic E-state index is -3.44. The van der Waals surface area contributed by atoms with Gasteiger partial charge in [0.2, 0.25) is 5.91 Å². The molecule has 7 nitrogen and oxygen atoms in total. The predicted molar refractivity (Wildman–Crippen MR) is 103 cm³/mol. The molecule has 1 N–H and O–H groups in total. The number of carbonyl (C=O) groups is 1. The highest BCUT2D eigenvalue weighted by Crippen LogP contribution is 2.23. The number of nitrogens with one attached hydrogen (secondary N) is 1. The second kappa shape index (κ2) is 9.43. The summed E-state index contributed by atoms with van der Waals surface area (Å²) in [6.07, 6.45) is 4.31. The quantitative estimate of drug-likeness (QED) is 0.748. The second-order valence-electron chi connectivity index (χ2n) is 6.79. The molecule has 1 aromatic rings. The molecule has 0 saturated carbocycles. The SMILES string of the molecule is CCCN(CCC)S(=O)(=O)N1CCC(C(=O)Nc2cc(C)ccn2)CC1. The number of amides is 1. The maximum atomic E-state index is 12.8. The zero-order chi connectivity index (χ0) is 19.2. The van der Waals surface area contributed by atoms with Gasteiger partial charge in [-0.1, -0.05) is 13.8 Å².